The largest absolute Gasteiger partial charge is 0.465 e. The Hall–Kier alpha value is -2.35. The molecule has 122 valence electrons. The van der Waals surface area contributed by atoms with Gasteiger partial charge in [-0.1, -0.05) is 23.9 Å². The lowest BCUT2D eigenvalue weighted by Gasteiger charge is -2.06. The number of ether oxygens (including phenoxy) is 1. The van der Waals surface area contributed by atoms with Crippen LogP contribution in [0.4, 0.5) is 0 Å². The van der Waals surface area contributed by atoms with Gasteiger partial charge in [-0.25, -0.2) is 4.79 Å². The molecule has 1 amide bonds. The molecule has 0 bridgehead atoms. The number of amides is 1. The second kappa shape index (κ2) is 8.33. The summed E-state index contributed by atoms with van der Waals surface area (Å²) < 4.78 is 6.51. The highest BCUT2D eigenvalue weighted by molar-refractivity contribution is 7.99. The van der Waals surface area contributed by atoms with Crippen LogP contribution in [-0.2, 0) is 22.6 Å². The highest BCUT2D eigenvalue weighted by Gasteiger charge is 2.08. The van der Waals surface area contributed by atoms with E-state index in [1.165, 1.54) is 18.9 Å². The highest BCUT2D eigenvalue weighted by atomic mass is 32.2. The Bertz CT molecular complexity index is 670. The first kappa shape index (κ1) is 17.0. The van der Waals surface area contributed by atoms with Gasteiger partial charge in [0.15, 0.2) is 5.16 Å². The Morgan fingerprint density at radius 3 is 2.70 bits per heavy atom. The summed E-state index contributed by atoms with van der Waals surface area (Å²) in [6.07, 6.45) is 1.64. The Morgan fingerprint density at radius 2 is 2.04 bits per heavy atom. The second-order valence-electron chi connectivity index (χ2n) is 4.65. The van der Waals surface area contributed by atoms with Crippen LogP contribution in [0.5, 0.6) is 0 Å². The van der Waals surface area contributed by atoms with Crippen molar-refractivity contribution < 1.29 is 14.3 Å². The van der Waals surface area contributed by atoms with Gasteiger partial charge in [-0.3, -0.25) is 4.79 Å². The summed E-state index contributed by atoms with van der Waals surface area (Å²) in [7, 11) is 1.34. The van der Waals surface area contributed by atoms with Crippen molar-refractivity contribution >= 4 is 23.6 Å². The fourth-order valence-corrected chi connectivity index (χ4v) is 2.64. The van der Waals surface area contributed by atoms with Crippen molar-refractivity contribution in [1.82, 2.24) is 20.1 Å². The van der Waals surface area contributed by atoms with E-state index in [0.717, 1.165) is 17.3 Å². The van der Waals surface area contributed by atoms with Crippen LogP contribution in [-0.4, -0.2) is 39.5 Å². The maximum Gasteiger partial charge on any atom is 0.337 e. The lowest BCUT2D eigenvalue weighted by atomic mass is 10.1. The van der Waals surface area contributed by atoms with E-state index >= 15 is 0 Å². The van der Waals surface area contributed by atoms with Crippen molar-refractivity contribution in [2.75, 3.05) is 12.9 Å². The van der Waals surface area contributed by atoms with Gasteiger partial charge >= 0.3 is 5.97 Å². The van der Waals surface area contributed by atoms with Gasteiger partial charge in [0.05, 0.1) is 18.4 Å². The van der Waals surface area contributed by atoms with Gasteiger partial charge in [0.1, 0.15) is 6.33 Å². The minimum atomic E-state index is -0.378. The van der Waals surface area contributed by atoms with E-state index in [1.54, 1.807) is 30.6 Å². The third kappa shape index (κ3) is 4.82. The molecule has 23 heavy (non-hydrogen) atoms. The Morgan fingerprint density at radius 1 is 1.30 bits per heavy atom. The number of hydrogen-bond donors (Lipinski definition) is 1. The third-order valence-electron chi connectivity index (χ3n) is 3.12. The Kier molecular flexibility index (Phi) is 6.16. The lowest BCUT2D eigenvalue weighted by molar-refractivity contribution is -0.118. The number of nitrogens with one attached hydrogen (secondary N) is 1. The number of aryl methyl sites for hydroxylation is 1. The van der Waals surface area contributed by atoms with Crippen LogP contribution >= 0.6 is 11.8 Å². The number of thioether (sulfide) groups is 1. The average Bonchev–Trinajstić information content (AvgIpc) is 3.05. The van der Waals surface area contributed by atoms with Gasteiger partial charge in [0.2, 0.25) is 5.91 Å². The van der Waals surface area contributed by atoms with Crippen molar-refractivity contribution in [2.45, 2.75) is 25.2 Å². The first-order valence-corrected chi connectivity index (χ1v) is 8.07. The number of esters is 1. The zero-order valence-corrected chi connectivity index (χ0v) is 13.8. The van der Waals surface area contributed by atoms with Crippen molar-refractivity contribution in [1.29, 1.82) is 0 Å². The molecule has 0 spiro atoms. The maximum atomic E-state index is 11.9. The molecule has 0 saturated heterocycles. The molecule has 0 aliphatic heterocycles. The van der Waals surface area contributed by atoms with Crippen molar-refractivity contribution in [2.24, 2.45) is 0 Å². The minimum Gasteiger partial charge on any atom is -0.465 e. The molecule has 0 fully saturated rings. The fraction of sp³-hybridized carbons (Fsp3) is 0.333. The van der Waals surface area contributed by atoms with E-state index in [-0.39, 0.29) is 17.6 Å². The van der Waals surface area contributed by atoms with Gasteiger partial charge in [-0.2, -0.15) is 0 Å². The van der Waals surface area contributed by atoms with Crippen LogP contribution in [0, 0.1) is 0 Å². The monoisotopic (exact) mass is 334 g/mol. The zero-order chi connectivity index (χ0) is 16.7. The summed E-state index contributed by atoms with van der Waals surface area (Å²) in [6.45, 7) is 3.16. The molecule has 2 rings (SSSR count). The Balaban J connectivity index is 1.79. The van der Waals surface area contributed by atoms with Gasteiger partial charge in [-0.15, -0.1) is 10.2 Å². The van der Waals surface area contributed by atoms with E-state index in [1.807, 2.05) is 11.5 Å². The second-order valence-corrected chi connectivity index (χ2v) is 5.60. The number of carbonyl (C=O) groups is 2. The number of aromatic nitrogens is 3. The molecule has 0 aliphatic carbocycles. The molecule has 0 aliphatic rings. The molecule has 0 saturated carbocycles. The van der Waals surface area contributed by atoms with Crippen molar-refractivity contribution in [3.63, 3.8) is 0 Å². The fourth-order valence-electron chi connectivity index (χ4n) is 1.83. The number of methoxy groups -OCH3 is 1. The summed E-state index contributed by atoms with van der Waals surface area (Å²) in [4.78, 5) is 23.2. The van der Waals surface area contributed by atoms with Crippen LogP contribution in [0.2, 0.25) is 0 Å². The molecule has 0 atom stereocenters. The first-order valence-electron chi connectivity index (χ1n) is 7.08. The lowest BCUT2D eigenvalue weighted by Crippen LogP contribution is -2.24. The number of benzene rings is 1. The zero-order valence-electron chi connectivity index (χ0n) is 13.0. The van der Waals surface area contributed by atoms with Gasteiger partial charge < -0.3 is 14.6 Å². The molecule has 1 aromatic heterocycles. The molecule has 8 heteroatoms. The molecular weight excluding hydrogens is 316 g/mol. The van der Waals surface area contributed by atoms with Gasteiger partial charge in [0.25, 0.3) is 0 Å². The van der Waals surface area contributed by atoms with E-state index in [0.29, 0.717) is 12.1 Å². The maximum absolute atomic E-state index is 11.9. The van der Waals surface area contributed by atoms with Crippen molar-refractivity contribution in [3.05, 3.63) is 41.7 Å². The molecule has 1 N–H and O–H groups in total. The summed E-state index contributed by atoms with van der Waals surface area (Å²) in [5, 5.41) is 11.3. The van der Waals surface area contributed by atoms with E-state index in [9.17, 15) is 9.59 Å². The molecule has 7 nitrogen and oxygen atoms in total. The van der Waals surface area contributed by atoms with Gasteiger partial charge in [-0.05, 0) is 24.6 Å². The number of hydrogen-bond acceptors (Lipinski definition) is 6. The van der Waals surface area contributed by atoms with Crippen LogP contribution in [0.15, 0.2) is 35.7 Å². The normalized spacial score (nSPS) is 10.3. The van der Waals surface area contributed by atoms with E-state index in [2.05, 4.69) is 20.3 Å². The summed E-state index contributed by atoms with van der Waals surface area (Å²) in [5.74, 6) is -0.186. The summed E-state index contributed by atoms with van der Waals surface area (Å²) >= 11 is 1.35. The summed E-state index contributed by atoms with van der Waals surface area (Å²) in [5.41, 5.74) is 1.39. The number of nitrogens with zero attached hydrogens (tertiary/aromatic N) is 3. The molecular formula is C15H18N4O3S. The van der Waals surface area contributed by atoms with Crippen molar-refractivity contribution in [3.8, 4) is 0 Å². The predicted molar refractivity (Wildman–Crippen MR) is 86.0 cm³/mol. The first-order chi connectivity index (χ1) is 11.1. The predicted octanol–water partition coefficient (Wildman–Crippen LogP) is 1.49. The molecule has 1 heterocycles. The van der Waals surface area contributed by atoms with E-state index < -0.39 is 0 Å². The SMILES string of the molecule is CCn1cnnc1SCC(=O)NCc1ccc(C(=O)OC)cc1. The molecule has 0 unspecified atom stereocenters. The molecule has 2 aromatic rings. The standard InChI is InChI=1S/C15H18N4O3S/c1-3-19-10-17-18-15(19)23-9-13(20)16-8-11-4-6-12(7-5-11)14(21)22-2/h4-7,10H,3,8-9H2,1-2H3,(H,16,20). The van der Waals surface area contributed by atoms with Gasteiger partial charge in [0, 0.05) is 13.1 Å². The third-order valence-corrected chi connectivity index (χ3v) is 4.10. The van der Waals surface area contributed by atoms with Crippen LogP contribution in [0.25, 0.3) is 0 Å². The number of rotatable bonds is 7. The molecule has 0 radical (unpaired) electrons. The van der Waals surface area contributed by atoms with E-state index in [4.69, 9.17) is 0 Å². The van der Waals surface area contributed by atoms with Crippen LogP contribution < -0.4 is 5.32 Å². The quantitative estimate of drug-likeness (QED) is 0.610. The van der Waals surface area contributed by atoms with Crippen LogP contribution in [0.3, 0.4) is 0 Å². The smallest absolute Gasteiger partial charge is 0.337 e. The summed E-state index contributed by atoms with van der Waals surface area (Å²) in [6, 6.07) is 6.92. The Labute approximate surface area is 138 Å². The topological polar surface area (TPSA) is 86.1 Å². The molecule has 1 aromatic carbocycles. The average molecular weight is 334 g/mol. The highest BCUT2D eigenvalue weighted by Crippen LogP contribution is 2.14. The van der Waals surface area contributed by atoms with Crippen LogP contribution in [0.1, 0.15) is 22.8 Å². The number of carbonyl (C=O) groups excluding carboxylic acids is 2. The minimum absolute atomic E-state index is 0.0855.